The van der Waals surface area contributed by atoms with Gasteiger partial charge in [-0.1, -0.05) is 120 Å². The number of benzene rings is 2. The van der Waals surface area contributed by atoms with Crippen LogP contribution in [0.2, 0.25) is 0 Å². The number of rotatable bonds is 12. The Balaban J connectivity index is 1.42. The van der Waals surface area contributed by atoms with Gasteiger partial charge in [-0.2, -0.15) is 0 Å². The van der Waals surface area contributed by atoms with Crippen LogP contribution in [0.1, 0.15) is 115 Å². The first-order valence-electron chi connectivity index (χ1n) is 14.0. The van der Waals surface area contributed by atoms with Gasteiger partial charge in [0.25, 0.3) is 0 Å². The molecule has 0 aliphatic heterocycles. The van der Waals surface area contributed by atoms with Gasteiger partial charge in [0, 0.05) is 11.5 Å². The van der Waals surface area contributed by atoms with Crippen molar-refractivity contribution < 1.29 is 0 Å². The maximum atomic E-state index is 3.58. The van der Waals surface area contributed by atoms with Crippen molar-refractivity contribution in [2.24, 2.45) is 11.8 Å². The molecule has 0 atom stereocenters. The normalized spacial score (nSPS) is 18.0. The molecule has 1 fully saturated rings. The van der Waals surface area contributed by atoms with Gasteiger partial charge in [0.2, 0.25) is 0 Å². The van der Waals surface area contributed by atoms with Gasteiger partial charge in [0.15, 0.2) is 0 Å². The fourth-order valence-corrected chi connectivity index (χ4v) is 5.18. The Hall–Kier alpha value is -2.00. The molecule has 2 aromatic carbocycles. The third kappa shape index (κ3) is 9.41. The van der Waals surface area contributed by atoms with Gasteiger partial charge in [0.1, 0.15) is 0 Å². The minimum absolute atomic E-state index is 0.603. The quantitative estimate of drug-likeness (QED) is 0.226. The van der Waals surface area contributed by atoms with Gasteiger partial charge in [-0.25, -0.2) is 0 Å². The van der Waals surface area contributed by atoms with E-state index in [9.17, 15) is 0 Å². The Bertz CT molecular complexity index is 822. The summed E-state index contributed by atoms with van der Waals surface area (Å²) in [7, 11) is 0. The average Bonchev–Trinajstić information content (AvgIpc) is 2.87. The average molecular weight is 443 g/mol. The van der Waals surface area contributed by atoms with Gasteiger partial charge < -0.3 is 0 Å². The van der Waals surface area contributed by atoms with Gasteiger partial charge in [0.05, 0.1) is 0 Å². The van der Waals surface area contributed by atoms with Crippen LogP contribution in [0.25, 0.3) is 11.1 Å². The molecule has 0 radical (unpaired) electrons. The lowest BCUT2D eigenvalue weighted by Crippen LogP contribution is -2.13. The van der Waals surface area contributed by atoms with Crippen molar-refractivity contribution in [3.63, 3.8) is 0 Å². The minimum Gasteiger partial charge on any atom is -0.0945 e. The van der Waals surface area contributed by atoms with Crippen LogP contribution in [0.15, 0.2) is 48.5 Å². The molecule has 0 aromatic heterocycles. The minimum atomic E-state index is 0.603. The second-order valence-corrected chi connectivity index (χ2v) is 10.3. The molecule has 1 aliphatic carbocycles. The van der Waals surface area contributed by atoms with E-state index in [1.807, 2.05) is 0 Å². The molecule has 0 unspecified atom stereocenters. The van der Waals surface area contributed by atoms with Gasteiger partial charge in [-0.15, -0.1) is 0 Å². The predicted molar refractivity (Wildman–Crippen MR) is 145 cm³/mol. The van der Waals surface area contributed by atoms with Crippen molar-refractivity contribution in [1.29, 1.82) is 0 Å². The maximum Gasteiger partial charge on any atom is 0.0245 e. The Morgan fingerprint density at radius 3 is 1.85 bits per heavy atom. The van der Waals surface area contributed by atoms with Gasteiger partial charge >= 0.3 is 0 Å². The fraction of sp³-hybridized carbons (Fsp3) is 0.576. The summed E-state index contributed by atoms with van der Waals surface area (Å²) < 4.78 is 0. The lowest BCUT2D eigenvalue weighted by Gasteiger charge is -2.25. The van der Waals surface area contributed by atoms with Crippen molar-refractivity contribution >= 4 is 0 Å². The Morgan fingerprint density at radius 2 is 1.21 bits per heavy atom. The predicted octanol–water partition coefficient (Wildman–Crippen LogP) is 9.99. The van der Waals surface area contributed by atoms with Crippen molar-refractivity contribution in [3.05, 3.63) is 59.7 Å². The largest absolute Gasteiger partial charge is 0.0945 e. The molecule has 1 saturated carbocycles. The van der Waals surface area contributed by atoms with E-state index in [0.717, 1.165) is 11.5 Å². The molecule has 0 saturated heterocycles. The summed E-state index contributed by atoms with van der Waals surface area (Å²) in [6.45, 7) is 4.57. The van der Waals surface area contributed by atoms with Crippen LogP contribution >= 0.6 is 0 Å². The van der Waals surface area contributed by atoms with Crippen LogP contribution < -0.4 is 0 Å². The van der Waals surface area contributed by atoms with E-state index in [0.29, 0.717) is 5.92 Å². The third-order valence-corrected chi connectivity index (χ3v) is 7.47. The highest BCUT2D eigenvalue weighted by Gasteiger charge is 2.19. The molecule has 2 aromatic rings. The first kappa shape index (κ1) is 25.6. The lowest BCUT2D eigenvalue weighted by atomic mass is 9.80. The summed E-state index contributed by atoms with van der Waals surface area (Å²) >= 11 is 0. The maximum absolute atomic E-state index is 3.58. The van der Waals surface area contributed by atoms with Crippen LogP contribution in [0.4, 0.5) is 0 Å². The molecular weight excluding hydrogens is 396 g/mol. The summed E-state index contributed by atoms with van der Waals surface area (Å²) in [4.78, 5) is 0. The van der Waals surface area contributed by atoms with Gasteiger partial charge in [-0.3, -0.25) is 0 Å². The monoisotopic (exact) mass is 442 g/mol. The highest BCUT2D eigenvalue weighted by Crippen LogP contribution is 2.32. The second-order valence-electron chi connectivity index (χ2n) is 10.3. The Kier molecular flexibility index (Phi) is 11.7. The van der Waals surface area contributed by atoms with E-state index in [1.165, 1.54) is 113 Å². The van der Waals surface area contributed by atoms with Crippen LogP contribution in [0.3, 0.4) is 0 Å². The molecule has 178 valence electrons. The van der Waals surface area contributed by atoms with E-state index in [4.69, 9.17) is 0 Å². The first-order valence-corrected chi connectivity index (χ1v) is 14.0. The highest BCUT2D eigenvalue weighted by molar-refractivity contribution is 5.64. The van der Waals surface area contributed by atoms with Crippen LogP contribution in [0.5, 0.6) is 0 Å². The molecule has 0 spiro atoms. The molecular formula is C33H46. The topological polar surface area (TPSA) is 0 Å². The lowest BCUT2D eigenvalue weighted by molar-refractivity contribution is 0.294. The molecule has 1 aliphatic rings. The number of aryl methyl sites for hydroxylation is 1. The van der Waals surface area contributed by atoms with E-state index < -0.39 is 0 Å². The summed E-state index contributed by atoms with van der Waals surface area (Å²) in [5.74, 6) is 8.62. The zero-order valence-electron chi connectivity index (χ0n) is 21.4. The number of hydrogen-bond acceptors (Lipinski definition) is 0. The summed E-state index contributed by atoms with van der Waals surface area (Å²) in [5, 5.41) is 0. The zero-order valence-corrected chi connectivity index (χ0v) is 21.4. The molecule has 0 heterocycles. The van der Waals surface area contributed by atoms with Crippen molar-refractivity contribution in [2.75, 3.05) is 0 Å². The smallest absolute Gasteiger partial charge is 0.0245 e. The molecule has 0 bridgehead atoms. The van der Waals surface area contributed by atoms with Crippen LogP contribution in [0, 0.1) is 23.7 Å². The third-order valence-electron chi connectivity index (χ3n) is 7.47. The molecule has 0 N–H and O–H groups in total. The second kappa shape index (κ2) is 15.0. The summed E-state index contributed by atoms with van der Waals surface area (Å²) in [5.41, 5.74) is 5.22. The van der Waals surface area contributed by atoms with E-state index in [2.05, 4.69) is 74.2 Å². The number of hydrogen-bond donors (Lipinski definition) is 0. The van der Waals surface area contributed by atoms with Gasteiger partial charge in [-0.05, 0) is 73.3 Å². The molecule has 0 heteroatoms. The zero-order chi connectivity index (χ0) is 23.1. The van der Waals surface area contributed by atoms with Crippen molar-refractivity contribution in [1.82, 2.24) is 0 Å². The van der Waals surface area contributed by atoms with Crippen molar-refractivity contribution in [2.45, 2.75) is 110 Å². The highest BCUT2D eigenvalue weighted by atomic mass is 14.2. The molecule has 0 amide bonds. The van der Waals surface area contributed by atoms with E-state index >= 15 is 0 Å². The summed E-state index contributed by atoms with van der Waals surface area (Å²) in [6, 6.07) is 18.0. The first-order chi connectivity index (χ1) is 16.3. The number of unbranched alkanes of at least 4 members (excludes halogenated alkanes) is 7. The standard InChI is InChI=1S/C33H46/c1-3-5-7-9-11-13-29-20-24-32(25-21-29)33-26-22-31(23-27-33)19-18-30-16-14-28(15-17-30)12-10-8-6-4-2/h20-28,30H,3-17H2,1-2H3/t28-,30-. The summed E-state index contributed by atoms with van der Waals surface area (Å²) in [6.07, 6.45) is 20.4. The molecule has 3 rings (SSSR count). The van der Waals surface area contributed by atoms with E-state index in [-0.39, 0.29) is 0 Å². The Labute approximate surface area is 204 Å². The SMILES string of the molecule is CCCCCCCc1ccc(-c2ccc(C#C[C@H]3CC[C@H](CCCCCC)CC3)cc2)cc1. The molecule has 33 heavy (non-hydrogen) atoms. The van der Waals surface area contributed by atoms with Crippen LogP contribution in [-0.2, 0) is 6.42 Å². The van der Waals surface area contributed by atoms with E-state index in [1.54, 1.807) is 0 Å². The Morgan fingerprint density at radius 1 is 0.636 bits per heavy atom. The van der Waals surface area contributed by atoms with Crippen molar-refractivity contribution in [3.8, 4) is 23.0 Å². The van der Waals surface area contributed by atoms with Crippen LogP contribution in [-0.4, -0.2) is 0 Å². The fourth-order valence-electron chi connectivity index (χ4n) is 5.18. The molecule has 0 nitrogen and oxygen atoms in total.